The first kappa shape index (κ1) is 14.1. The highest BCUT2D eigenvalue weighted by Gasteiger charge is 2.12. The molecule has 1 N–H and O–H groups in total. The smallest absolute Gasteiger partial charge is 0.159 e. The van der Waals surface area contributed by atoms with Gasteiger partial charge < -0.3 is 5.32 Å². The Labute approximate surface area is 115 Å². The van der Waals surface area contributed by atoms with Crippen molar-refractivity contribution in [2.24, 2.45) is 0 Å². The third-order valence-corrected chi connectivity index (χ3v) is 3.69. The van der Waals surface area contributed by atoms with E-state index in [0.29, 0.717) is 6.42 Å². The fourth-order valence-electron chi connectivity index (χ4n) is 2.04. The van der Waals surface area contributed by atoms with Crippen molar-refractivity contribution in [3.63, 3.8) is 0 Å². The van der Waals surface area contributed by atoms with E-state index in [1.54, 1.807) is 22.9 Å². The molecule has 0 aliphatic heterocycles. The predicted octanol–water partition coefficient (Wildman–Crippen LogP) is 3.18. The topological polar surface area (TPSA) is 24.9 Å². The fraction of sp³-hybridized carbons (Fsp3) is 0.357. The van der Waals surface area contributed by atoms with Crippen LogP contribution in [-0.2, 0) is 12.8 Å². The minimum Gasteiger partial charge on any atom is -0.314 e. The summed E-state index contributed by atoms with van der Waals surface area (Å²) in [5.41, 5.74) is 2.60. The van der Waals surface area contributed by atoms with E-state index in [9.17, 15) is 8.78 Å². The summed E-state index contributed by atoms with van der Waals surface area (Å²) < 4.78 is 26.1. The lowest BCUT2D eigenvalue weighted by Crippen LogP contribution is -2.32. The fourth-order valence-corrected chi connectivity index (χ4v) is 2.72. The van der Waals surface area contributed by atoms with Gasteiger partial charge in [-0.05, 0) is 37.1 Å². The van der Waals surface area contributed by atoms with Crippen molar-refractivity contribution in [3.8, 4) is 0 Å². The molecule has 1 atom stereocenters. The largest absolute Gasteiger partial charge is 0.314 e. The zero-order chi connectivity index (χ0) is 13.7. The number of benzene rings is 1. The van der Waals surface area contributed by atoms with Gasteiger partial charge >= 0.3 is 0 Å². The van der Waals surface area contributed by atoms with Gasteiger partial charge in [-0.1, -0.05) is 13.0 Å². The van der Waals surface area contributed by atoms with E-state index in [2.05, 4.69) is 10.3 Å². The van der Waals surface area contributed by atoms with Crippen molar-refractivity contribution < 1.29 is 8.78 Å². The molecule has 0 amide bonds. The molecule has 0 radical (unpaired) electrons. The summed E-state index contributed by atoms with van der Waals surface area (Å²) in [4.78, 5) is 5.24. The lowest BCUT2D eigenvalue weighted by atomic mass is 10.0. The monoisotopic (exact) mass is 282 g/mol. The highest BCUT2D eigenvalue weighted by atomic mass is 32.1. The van der Waals surface area contributed by atoms with Crippen LogP contribution in [-0.4, -0.2) is 17.6 Å². The average molecular weight is 282 g/mol. The molecule has 102 valence electrons. The Kier molecular flexibility index (Phi) is 4.99. The van der Waals surface area contributed by atoms with Crippen LogP contribution in [0.5, 0.6) is 0 Å². The Balaban J connectivity index is 2.05. The molecule has 0 saturated carbocycles. The Hall–Kier alpha value is -1.33. The van der Waals surface area contributed by atoms with Gasteiger partial charge in [-0.3, -0.25) is 4.98 Å². The predicted molar refractivity (Wildman–Crippen MR) is 73.3 cm³/mol. The van der Waals surface area contributed by atoms with Gasteiger partial charge in [0.2, 0.25) is 0 Å². The van der Waals surface area contributed by atoms with E-state index in [0.717, 1.165) is 18.5 Å². The van der Waals surface area contributed by atoms with Crippen molar-refractivity contribution in [1.29, 1.82) is 0 Å². The van der Waals surface area contributed by atoms with Crippen molar-refractivity contribution in [3.05, 3.63) is 52.0 Å². The number of halogens is 2. The number of nitrogens with one attached hydrogen (secondary N) is 1. The van der Waals surface area contributed by atoms with Gasteiger partial charge in [-0.2, -0.15) is 0 Å². The van der Waals surface area contributed by atoms with E-state index in [4.69, 9.17) is 0 Å². The first-order valence-electron chi connectivity index (χ1n) is 6.23. The molecular formula is C14H16F2N2S. The van der Waals surface area contributed by atoms with Gasteiger partial charge in [0.1, 0.15) is 0 Å². The molecule has 1 aromatic carbocycles. The molecule has 19 heavy (non-hydrogen) atoms. The molecule has 5 heteroatoms. The molecule has 1 heterocycles. The van der Waals surface area contributed by atoms with Gasteiger partial charge in [0.25, 0.3) is 0 Å². The molecule has 0 bridgehead atoms. The van der Waals surface area contributed by atoms with E-state index in [1.807, 2.05) is 13.1 Å². The SMILES string of the molecule is CCNC(Cc1ccc(F)c(F)c1)Cc1cncs1. The molecule has 0 aliphatic carbocycles. The lowest BCUT2D eigenvalue weighted by Gasteiger charge is -2.17. The van der Waals surface area contributed by atoms with E-state index in [-0.39, 0.29) is 6.04 Å². The maximum absolute atomic E-state index is 13.2. The molecule has 1 aromatic heterocycles. The summed E-state index contributed by atoms with van der Waals surface area (Å²) in [6.45, 7) is 2.87. The zero-order valence-corrected chi connectivity index (χ0v) is 11.5. The number of nitrogens with zero attached hydrogens (tertiary/aromatic N) is 1. The summed E-state index contributed by atoms with van der Waals surface area (Å²) in [5.74, 6) is -1.59. The van der Waals surface area contributed by atoms with Crippen LogP contribution in [0.25, 0.3) is 0 Å². The molecule has 0 fully saturated rings. The quantitative estimate of drug-likeness (QED) is 0.880. The van der Waals surface area contributed by atoms with E-state index >= 15 is 0 Å². The summed E-state index contributed by atoms with van der Waals surface area (Å²) in [6.07, 6.45) is 3.36. The minimum atomic E-state index is -0.800. The molecule has 2 nitrogen and oxygen atoms in total. The van der Waals surface area contributed by atoms with Crippen LogP contribution in [0.1, 0.15) is 17.4 Å². The molecule has 2 rings (SSSR count). The Morgan fingerprint density at radius 1 is 1.26 bits per heavy atom. The van der Waals surface area contributed by atoms with Crippen LogP contribution < -0.4 is 5.32 Å². The van der Waals surface area contributed by atoms with Crippen molar-refractivity contribution in [1.82, 2.24) is 10.3 Å². The molecule has 2 aromatic rings. The number of hydrogen-bond donors (Lipinski definition) is 1. The third kappa shape index (κ3) is 4.08. The van der Waals surface area contributed by atoms with Crippen LogP contribution in [0.15, 0.2) is 29.9 Å². The van der Waals surface area contributed by atoms with Crippen LogP contribution in [0.4, 0.5) is 8.78 Å². The Morgan fingerprint density at radius 2 is 2.11 bits per heavy atom. The van der Waals surface area contributed by atoms with Crippen molar-refractivity contribution in [2.45, 2.75) is 25.8 Å². The van der Waals surface area contributed by atoms with Gasteiger partial charge in [0.05, 0.1) is 5.51 Å². The number of aromatic nitrogens is 1. The molecule has 1 unspecified atom stereocenters. The second-order valence-corrected chi connectivity index (χ2v) is 5.35. The van der Waals surface area contributed by atoms with Crippen LogP contribution in [0, 0.1) is 11.6 Å². The number of likely N-dealkylation sites (N-methyl/N-ethyl adjacent to an activating group) is 1. The van der Waals surface area contributed by atoms with Crippen molar-refractivity contribution in [2.75, 3.05) is 6.54 Å². The molecule has 0 aliphatic rings. The van der Waals surface area contributed by atoms with Crippen LogP contribution in [0.2, 0.25) is 0 Å². The second-order valence-electron chi connectivity index (χ2n) is 4.38. The second kappa shape index (κ2) is 6.73. The first-order chi connectivity index (χ1) is 9.19. The Morgan fingerprint density at radius 3 is 2.74 bits per heavy atom. The zero-order valence-electron chi connectivity index (χ0n) is 10.7. The number of rotatable bonds is 6. The van der Waals surface area contributed by atoms with Crippen molar-refractivity contribution >= 4 is 11.3 Å². The third-order valence-electron chi connectivity index (χ3n) is 2.89. The lowest BCUT2D eigenvalue weighted by molar-refractivity contribution is 0.498. The molecule has 0 spiro atoms. The normalized spacial score (nSPS) is 12.6. The summed E-state index contributed by atoms with van der Waals surface area (Å²) in [7, 11) is 0. The average Bonchev–Trinajstić information content (AvgIpc) is 2.87. The van der Waals surface area contributed by atoms with Gasteiger partial charge in [0, 0.05) is 17.1 Å². The highest BCUT2D eigenvalue weighted by molar-refractivity contribution is 7.09. The maximum Gasteiger partial charge on any atom is 0.159 e. The Bertz CT molecular complexity index is 514. The van der Waals surface area contributed by atoms with Gasteiger partial charge in [-0.15, -0.1) is 11.3 Å². The minimum absolute atomic E-state index is 0.204. The number of hydrogen-bond acceptors (Lipinski definition) is 3. The van der Waals surface area contributed by atoms with Crippen LogP contribution in [0.3, 0.4) is 0 Å². The summed E-state index contributed by atoms with van der Waals surface area (Å²) in [6, 6.07) is 4.29. The molecule has 0 saturated heterocycles. The summed E-state index contributed by atoms with van der Waals surface area (Å²) in [5, 5.41) is 3.37. The highest BCUT2D eigenvalue weighted by Crippen LogP contribution is 2.14. The number of thiazole rings is 1. The summed E-state index contributed by atoms with van der Waals surface area (Å²) >= 11 is 1.61. The first-order valence-corrected chi connectivity index (χ1v) is 7.11. The standard InChI is InChI=1S/C14H16F2N2S/c1-2-18-11(7-12-8-17-9-19-12)5-10-3-4-13(15)14(16)6-10/h3-4,6,8-9,11,18H,2,5,7H2,1H3. The molecular weight excluding hydrogens is 266 g/mol. The van der Waals surface area contributed by atoms with Crippen LogP contribution >= 0.6 is 11.3 Å². The maximum atomic E-state index is 13.2. The van der Waals surface area contributed by atoms with E-state index in [1.165, 1.54) is 17.0 Å². The van der Waals surface area contributed by atoms with E-state index < -0.39 is 11.6 Å². The van der Waals surface area contributed by atoms with Gasteiger partial charge in [0.15, 0.2) is 11.6 Å². The van der Waals surface area contributed by atoms with Gasteiger partial charge in [-0.25, -0.2) is 8.78 Å².